The first kappa shape index (κ1) is 12.9. The summed E-state index contributed by atoms with van der Waals surface area (Å²) in [5.74, 6) is -0.260. The minimum Gasteiger partial charge on any atom is -0.478 e. The van der Waals surface area contributed by atoms with Crippen molar-refractivity contribution in [3.8, 4) is 0 Å². The van der Waals surface area contributed by atoms with Gasteiger partial charge in [-0.1, -0.05) is 49.8 Å². The Morgan fingerprint density at radius 1 is 1.33 bits per heavy atom. The standard InChI is InChI=1S/C16H20O2/c1-11-4-7-13(8-5-11)16(3)10-12(2)6-9-14(16)15(17)18/h4-5,7-9,12H,6,10H2,1-3H3,(H,17,18)/t12-,16-/m0/s1. The molecule has 0 heterocycles. The van der Waals surface area contributed by atoms with Gasteiger partial charge in [-0.05, 0) is 31.2 Å². The van der Waals surface area contributed by atoms with Gasteiger partial charge in [0.2, 0.25) is 0 Å². The molecule has 0 fully saturated rings. The van der Waals surface area contributed by atoms with Gasteiger partial charge in [-0.2, -0.15) is 0 Å². The Morgan fingerprint density at radius 3 is 2.50 bits per heavy atom. The lowest BCUT2D eigenvalue weighted by atomic mass is 9.66. The Hall–Kier alpha value is -1.57. The minimum absolute atomic E-state index is 0.364. The second-order valence-corrected chi connectivity index (χ2v) is 5.67. The molecule has 1 aliphatic carbocycles. The van der Waals surface area contributed by atoms with E-state index in [4.69, 9.17) is 0 Å². The highest BCUT2D eigenvalue weighted by Crippen LogP contribution is 2.42. The number of aryl methyl sites for hydroxylation is 1. The highest BCUT2D eigenvalue weighted by atomic mass is 16.4. The summed E-state index contributed by atoms with van der Waals surface area (Å²) in [4.78, 5) is 11.4. The third-order valence-corrected chi connectivity index (χ3v) is 3.99. The molecule has 0 aromatic heterocycles. The quantitative estimate of drug-likeness (QED) is 0.861. The summed E-state index contributed by atoms with van der Waals surface area (Å²) in [7, 11) is 0. The molecule has 0 spiro atoms. The Balaban J connectivity index is 2.49. The number of allylic oxidation sites excluding steroid dienone is 1. The smallest absolute Gasteiger partial charge is 0.332 e. The molecule has 1 N–H and O–H groups in total. The normalized spacial score (nSPS) is 27.7. The predicted molar refractivity (Wildman–Crippen MR) is 72.6 cm³/mol. The van der Waals surface area contributed by atoms with Gasteiger partial charge in [0, 0.05) is 11.0 Å². The summed E-state index contributed by atoms with van der Waals surface area (Å²) in [5.41, 5.74) is 2.49. The van der Waals surface area contributed by atoms with Crippen LogP contribution in [0.3, 0.4) is 0 Å². The molecular weight excluding hydrogens is 224 g/mol. The van der Waals surface area contributed by atoms with Crippen molar-refractivity contribution in [3.05, 3.63) is 47.0 Å². The van der Waals surface area contributed by atoms with Crippen LogP contribution in [0.5, 0.6) is 0 Å². The first-order valence-electron chi connectivity index (χ1n) is 6.44. The fourth-order valence-electron chi connectivity index (χ4n) is 2.95. The van der Waals surface area contributed by atoms with Crippen LogP contribution in [-0.4, -0.2) is 11.1 Å². The molecule has 0 amide bonds. The van der Waals surface area contributed by atoms with E-state index in [2.05, 4.69) is 31.2 Å². The van der Waals surface area contributed by atoms with Gasteiger partial charge in [0.05, 0.1) is 0 Å². The van der Waals surface area contributed by atoms with Gasteiger partial charge >= 0.3 is 5.97 Å². The molecule has 0 unspecified atom stereocenters. The van der Waals surface area contributed by atoms with Gasteiger partial charge in [0.1, 0.15) is 0 Å². The molecule has 1 aliphatic rings. The van der Waals surface area contributed by atoms with Crippen molar-refractivity contribution in [2.45, 2.75) is 39.0 Å². The molecule has 1 aromatic carbocycles. The maximum absolute atomic E-state index is 11.4. The van der Waals surface area contributed by atoms with Gasteiger partial charge in [-0.15, -0.1) is 0 Å². The van der Waals surface area contributed by atoms with Crippen molar-refractivity contribution in [1.82, 2.24) is 0 Å². The van der Waals surface area contributed by atoms with Gasteiger partial charge in [-0.25, -0.2) is 4.79 Å². The van der Waals surface area contributed by atoms with Gasteiger partial charge in [0.15, 0.2) is 0 Å². The van der Waals surface area contributed by atoms with E-state index in [1.807, 2.05) is 19.9 Å². The van der Waals surface area contributed by atoms with Crippen LogP contribution in [0, 0.1) is 12.8 Å². The number of carboxylic acids is 1. The SMILES string of the molecule is Cc1ccc([C@]2(C)C[C@@H](C)CC=C2C(=O)O)cc1. The second-order valence-electron chi connectivity index (χ2n) is 5.67. The molecule has 2 heteroatoms. The summed E-state index contributed by atoms with van der Waals surface area (Å²) in [6.45, 7) is 6.28. The number of aliphatic carboxylic acids is 1. The van der Waals surface area contributed by atoms with Crippen molar-refractivity contribution in [3.63, 3.8) is 0 Å². The first-order valence-corrected chi connectivity index (χ1v) is 6.44. The van der Waals surface area contributed by atoms with Crippen LogP contribution < -0.4 is 0 Å². The van der Waals surface area contributed by atoms with E-state index in [0.717, 1.165) is 18.4 Å². The number of benzene rings is 1. The third kappa shape index (κ3) is 2.20. The van der Waals surface area contributed by atoms with E-state index in [9.17, 15) is 9.90 Å². The highest BCUT2D eigenvalue weighted by molar-refractivity contribution is 5.90. The maximum atomic E-state index is 11.4. The van der Waals surface area contributed by atoms with Crippen molar-refractivity contribution in [2.24, 2.45) is 5.92 Å². The Labute approximate surface area is 108 Å². The monoisotopic (exact) mass is 244 g/mol. The minimum atomic E-state index is -0.787. The van der Waals surface area contributed by atoms with E-state index >= 15 is 0 Å². The van der Waals surface area contributed by atoms with Gasteiger partial charge in [0.25, 0.3) is 0 Å². The molecule has 2 nitrogen and oxygen atoms in total. The molecule has 96 valence electrons. The zero-order valence-corrected chi connectivity index (χ0v) is 11.2. The van der Waals surface area contributed by atoms with Crippen molar-refractivity contribution < 1.29 is 9.90 Å². The predicted octanol–water partition coefficient (Wildman–Crippen LogP) is 3.69. The average Bonchev–Trinajstić information content (AvgIpc) is 2.28. The van der Waals surface area contributed by atoms with Crippen LogP contribution >= 0.6 is 0 Å². The Kier molecular flexibility index (Phi) is 3.29. The molecule has 0 bridgehead atoms. The zero-order chi connectivity index (χ0) is 13.3. The number of carbonyl (C=O) groups is 1. The molecule has 0 aliphatic heterocycles. The number of hydrogen-bond donors (Lipinski definition) is 1. The van der Waals surface area contributed by atoms with Crippen LogP contribution in [0.15, 0.2) is 35.9 Å². The molecule has 2 rings (SSSR count). The number of carboxylic acid groups (broad SMARTS) is 1. The van der Waals surface area contributed by atoms with Crippen molar-refractivity contribution in [2.75, 3.05) is 0 Å². The lowest BCUT2D eigenvalue weighted by Gasteiger charge is -2.37. The first-order chi connectivity index (χ1) is 8.43. The van der Waals surface area contributed by atoms with Crippen LogP contribution in [0.1, 0.15) is 37.8 Å². The average molecular weight is 244 g/mol. The molecule has 0 radical (unpaired) electrons. The van der Waals surface area contributed by atoms with Crippen LogP contribution in [-0.2, 0) is 10.2 Å². The molecule has 0 saturated carbocycles. The van der Waals surface area contributed by atoms with E-state index < -0.39 is 5.97 Å². The zero-order valence-electron chi connectivity index (χ0n) is 11.2. The van der Waals surface area contributed by atoms with E-state index in [0.29, 0.717) is 11.5 Å². The Morgan fingerprint density at radius 2 is 1.94 bits per heavy atom. The van der Waals surface area contributed by atoms with Gasteiger partial charge in [-0.3, -0.25) is 0 Å². The third-order valence-electron chi connectivity index (χ3n) is 3.99. The fourth-order valence-corrected chi connectivity index (χ4v) is 2.95. The van der Waals surface area contributed by atoms with E-state index in [1.54, 1.807) is 0 Å². The lowest BCUT2D eigenvalue weighted by molar-refractivity contribution is -0.133. The highest BCUT2D eigenvalue weighted by Gasteiger charge is 2.38. The van der Waals surface area contributed by atoms with Gasteiger partial charge < -0.3 is 5.11 Å². The lowest BCUT2D eigenvalue weighted by Crippen LogP contribution is -2.34. The summed E-state index contributed by atoms with van der Waals surface area (Å²) in [6.07, 6.45) is 3.66. The van der Waals surface area contributed by atoms with Crippen molar-refractivity contribution >= 4 is 5.97 Å². The summed E-state index contributed by atoms with van der Waals surface area (Å²) in [5, 5.41) is 9.41. The number of hydrogen-bond acceptors (Lipinski definition) is 1. The van der Waals surface area contributed by atoms with E-state index in [-0.39, 0.29) is 5.41 Å². The van der Waals surface area contributed by atoms with E-state index in [1.165, 1.54) is 5.56 Å². The van der Waals surface area contributed by atoms with Crippen LogP contribution in [0.2, 0.25) is 0 Å². The summed E-state index contributed by atoms with van der Waals surface area (Å²) >= 11 is 0. The van der Waals surface area contributed by atoms with Crippen LogP contribution in [0.4, 0.5) is 0 Å². The molecule has 18 heavy (non-hydrogen) atoms. The maximum Gasteiger partial charge on any atom is 0.332 e. The number of rotatable bonds is 2. The molecular formula is C16H20O2. The van der Waals surface area contributed by atoms with Crippen molar-refractivity contribution in [1.29, 1.82) is 0 Å². The van der Waals surface area contributed by atoms with Crippen LogP contribution in [0.25, 0.3) is 0 Å². The largest absolute Gasteiger partial charge is 0.478 e. The fraction of sp³-hybridized carbons (Fsp3) is 0.438. The molecule has 2 atom stereocenters. The Bertz CT molecular complexity index is 484. The summed E-state index contributed by atoms with van der Waals surface area (Å²) < 4.78 is 0. The molecule has 1 aromatic rings. The summed E-state index contributed by atoms with van der Waals surface area (Å²) in [6, 6.07) is 8.23. The topological polar surface area (TPSA) is 37.3 Å². The second kappa shape index (κ2) is 4.60. The molecule has 0 saturated heterocycles.